The highest BCUT2D eigenvalue weighted by Gasteiger charge is 2.24. The van der Waals surface area contributed by atoms with E-state index in [9.17, 15) is 9.59 Å². The number of aromatic nitrogens is 1. The number of aryl methyl sites for hydroxylation is 1. The van der Waals surface area contributed by atoms with E-state index in [1.54, 1.807) is 11.7 Å². The average molecular weight is 388 g/mol. The van der Waals surface area contributed by atoms with E-state index in [2.05, 4.69) is 12.2 Å². The molecular weight excluding hydrogens is 364 g/mol. The van der Waals surface area contributed by atoms with Crippen LogP contribution in [0, 0.1) is 0 Å². The third kappa shape index (κ3) is 3.57. The minimum Gasteiger partial charge on any atom is -0.494 e. The van der Waals surface area contributed by atoms with E-state index in [4.69, 9.17) is 9.47 Å². The molecule has 3 aromatic rings. The molecule has 1 N–H and O–H groups in total. The molecule has 0 radical (unpaired) electrons. The molecule has 0 fully saturated rings. The lowest BCUT2D eigenvalue weighted by atomic mass is 10.1. The van der Waals surface area contributed by atoms with Crippen LogP contribution in [-0.2, 0) is 11.3 Å². The SMILES string of the molecule is CCCCn1c(=O)c2c(OC)c(C(=O)NCCOC)sc2c2ccccc21. The zero-order chi connectivity index (χ0) is 19.4. The summed E-state index contributed by atoms with van der Waals surface area (Å²) in [5.41, 5.74) is 0.778. The van der Waals surface area contributed by atoms with Crippen LogP contribution >= 0.6 is 11.3 Å². The molecule has 1 aromatic carbocycles. The van der Waals surface area contributed by atoms with Gasteiger partial charge in [0, 0.05) is 25.6 Å². The van der Waals surface area contributed by atoms with E-state index in [-0.39, 0.29) is 11.5 Å². The lowest BCUT2D eigenvalue weighted by molar-refractivity contribution is 0.0938. The largest absolute Gasteiger partial charge is 0.494 e. The van der Waals surface area contributed by atoms with E-state index in [1.807, 2.05) is 24.3 Å². The van der Waals surface area contributed by atoms with Gasteiger partial charge in [-0.15, -0.1) is 11.3 Å². The second kappa shape index (κ2) is 8.54. The second-order valence-electron chi connectivity index (χ2n) is 6.24. The number of hydrogen-bond acceptors (Lipinski definition) is 5. The minimum atomic E-state index is -0.256. The van der Waals surface area contributed by atoms with Crippen LogP contribution < -0.4 is 15.6 Å². The van der Waals surface area contributed by atoms with Gasteiger partial charge in [0.05, 0.1) is 23.9 Å². The highest BCUT2D eigenvalue weighted by molar-refractivity contribution is 7.22. The molecule has 0 spiro atoms. The molecule has 144 valence electrons. The molecule has 0 saturated carbocycles. The predicted molar refractivity (Wildman–Crippen MR) is 109 cm³/mol. The number of carbonyl (C=O) groups is 1. The van der Waals surface area contributed by atoms with Crippen molar-refractivity contribution in [2.45, 2.75) is 26.3 Å². The summed E-state index contributed by atoms with van der Waals surface area (Å²) in [5.74, 6) is 0.0969. The molecule has 0 aliphatic carbocycles. The average Bonchev–Trinajstić information content (AvgIpc) is 3.08. The fourth-order valence-electron chi connectivity index (χ4n) is 3.17. The molecule has 6 nitrogen and oxygen atoms in total. The van der Waals surface area contributed by atoms with Crippen LogP contribution in [0.1, 0.15) is 29.4 Å². The van der Waals surface area contributed by atoms with Gasteiger partial charge in [0.1, 0.15) is 10.3 Å². The Morgan fingerprint density at radius 3 is 2.74 bits per heavy atom. The summed E-state index contributed by atoms with van der Waals surface area (Å²) in [4.78, 5) is 26.3. The van der Waals surface area contributed by atoms with Crippen molar-refractivity contribution in [2.24, 2.45) is 0 Å². The lowest BCUT2D eigenvalue weighted by Crippen LogP contribution is -2.26. The van der Waals surface area contributed by atoms with Crippen LogP contribution in [0.4, 0.5) is 0 Å². The first-order valence-electron chi connectivity index (χ1n) is 9.03. The number of benzene rings is 1. The Morgan fingerprint density at radius 2 is 2.04 bits per heavy atom. The maximum Gasteiger partial charge on any atom is 0.265 e. The first-order valence-corrected chi connectivity index (χ1v) is 9.84. The molecule has 0 aliphatic rings. The highest BCUT2D eigenvalue weighted by atomic mass is 32.1. The summed E-state index contributed by atoms with van der Waals surface area (Å²) in [6.07, 6.45) is 1.90. The minimum absolute atomic E-state index is 0.110. The quantitative estimate of drug-likeness (QED) is 0.601. The van der Waals surface area contributed by atoms with E-state index in [1.165, 1.54) is 18.4 Å². The Kier molecular flexibility index (Phi) is 6.13. The Balaban J connectivity index is 2.24. The summed E-state index contributed by atoms with van der Waals surface area (Å²) >= 11 is 1.30. The number of amides is 1. The number of unbranched alkanes of at least 4 members (excludes halogenated alkanes) is 1. The van der Waals surface area contributed by atoms with Crippen molar-refractivity contribution in [2.75, 3.05) is 27.4 Å². The normalized spacial score (nSPS) is 11.2. The summed E-state index contributed by atoms with van der Waals surface area (Å²) in [6.45, 7) is 3.56. The van der Waals surface area contributed by atoms with Crippen LogP contribution in [0.25, 0.3) is 21.0 Å². The lowest BCUT2D eigenvalue weighted by Gasteiger charge is -2.11. The summed E-state index contributed by atoms with van der Waals surface area (Å²) in [5, 5.41) is 4.25. The molecule has 3 rings (SSSR count). The first-order chi connectivity index (χ1) is 13.1. The summed E-state index contributed by atoms with van der Waals surface area (Å²) in [6, 6.07) is 7.82. The number of nitrogens with zero attached hydrogens (tertiary/aromatic N) is 1. The van der Waals surface area contributed by atoms with Crippen molar-refractivity contribution >= 4 is 38.2 Å². The fourth-order valence-corrected chi connectivity index (χ4v) is 4.39. The van der Waals surface area contributed by atoms with E-state index < -0.39 is 0 Å². The topological polar surface area (TPSA) is 69.6 Å². The molecule has 0 atom stereocenters. The van der Waals surface area contributed by atoms with Gasteiger partial charge in [-0.05, 0) is 12.5 Å². The van der Waals surface area contributed by atoms with E-state index in [0.717, 1.165) is 28.4 Å². The molecule has 0 unspecified atom stereocenters. The predicted octanol–water partition coefficient (Wildman–Crippen LogP) is 3.40. The zero-order valence-electron chi connectivity index (χ0n) is 15.8. The van der Waals surface area contributed by atoms with Gasteiger partial charge in [0.15, 0.2) is 5.75 Å². The maximum absolute atomic E-state index is 13.3. The molecule has 0 bridgehead atoms. The first kappa shape index (κ1) is 19.4. The van der Waals surface area contributed by atoms with Crippen molar-refractivity contribution in [1.82, 2.24) is 9.88 Å². The number of ether oxygens (including phenoxy) is 2. The monoisotopic (exact) mass is 388 g/mol. The zero-order valence-corrected chi connectivity index (χ0v) is 16.6. The van der Waals surface area contributed by atoms with Crippen molar-refractivity contribution in [1.29, 1.82) is 0 Å². The third-order valence-electron chi connectivity index (χ3n) is 4.50. The molecule has 0 aliphatic heterocycles. The van der Waals surface area contributed by atoms with Crippen molar-refractivity contribution < 1.29 is 14.3 Å². The molecule has 2 aromatic heterocycles. The number of pyridine rings is 1. The standard InChI is InChI=1S/C20H24N2O4S/c1-4-5-11-22-14-9-7-6-8-13(14)17-15(20(22)24)16(26-3)18(27-17)19(23)21-10-12-25-2/h6-9H,4-5,10-12H2,1-3H3,(H,21,23). The van der Waals surface area contributed by atoms with Crippen LogP contribution in [0.15, 0.2) is 29.1 Å². The van der Waals surface area contributed by atoms with Gasteiger partial charge in [-0.2, -0.15) is 0 Å². The molecule has 7 heteroatoms. The van der Waals surface area contributed by atoms with Crippen molar-refractivity contribution in [3.05, 3.63) is 39.5 Å². The molecule has 1 amide bonds. The van der Waals surface area contributed by atoms with Crippen LogP contribution in [0.3, 0.4) is 0 Å². The molecule has 27 heavy (non-hydrogen) atoms. The van der Waals surface area contributed by atoms with Gasteiger partial charge in [-0.25, -0.2) is 0 Å². The number of rotatable bonds is 8. The van der Waals surface area contributed by atoms with Gasteiger partial charge in [-0.3, -0.25) is 9.59 Å². The van der Waals surface area contributed by atoms with Gasteiger partial charge in [0.2, 0.25) is 0 Å². The Labute approximate surface area is 161 Å². The van der Waals surface area contributed by atoms with Gasteiger partial charge < -0.3 is 19.4 Å². The van der Waals surface area contributed by atoms with Gasteiger partial charge in [0.25, 0.3) is 11.5 Å². The van der Waals surface area contributed by atoms with E-state index >= 15 is 0 Å². The smallest absolute Gasteiger partial charge is 0.265 e. The molecule has 0 saturated heterocycles. The number of para-hydroxylation sites is 1. The highest BCUT2D eigenvalue weighted by Crippen LogP contribution is 2.39. The van der Waals surface area contributed by atoms with Gasteiger partial charge >= 0.3 is 0 Å². The van der Waals surface area contributed by atoms with E-state index in [0.29, 0.717) is 35.7 Å². The van der Waals surface area contributed by atoms with Crippen molar-refractivity contribution in [3.63, 3.8) is 0 Å². The summed E-state index contributed by atoms with van der Waals surface area (Å²) < 4.78 is 13.1. The Bertz CT molecular complexity index is 1020. The Hall–Kier alpha value is -2.38. The van der Waals surface area contributed by atoms with Crippen LogP contribution in [0.2, 0.25) is 0 Å². The number of hydrogen-bond donors (Lipinski definition) is 1. The van der Waals surface area contributed by atoms with Crippen LogP contribution in [0.5, 0.6) is 5.75 Å². The number of nitrogens with one attached hydrogen (secondary N) is 1. The van der Waals surface area contributed by atoms with Crippen molar-refractivity contribution in [3.8, 4) is 5.75 Å². The number of thiophene rings is 1. The molecular formula is C20H24N2O4S. The van der Waals surface area contributed by atoms with Gasteiger partial charge in [-0.1, -0.05) is 31.5 Å². The number of carbonyl (C=O) groups excluding carboxylic acids is 1. The fraction of sp³-hybridized carbons (Fsp3) is 0.400. The third-order valence-corrected chi connectivity index (χ3v) is 5.70. The molecule has 2 heterocycles. The second-order valence-corrected chi connectivity index (χ2v) is 7.27. The Morgan fingerprint density at radius 1 is 1.26 bits per heavy atom. The maximum atomic E-state index is 13.3. The van der Waals surface area contributed by atoms with Crippen LogP contribution in [-0.4, -0.2) is 37.8 Å². The number of methoxy groups -OCH3 is 2. The summed E-state index contributed by atoms with van der Waals surface area (Å²) in [7, 11) is 3.08. The number of fused-ring (bicyclic) bond motifs is 3.